The molecule has 0 aliphatic heterocycles. The first kappa shape index (κ1) is 14.6. The van der Waals surface area contributed by atoms with Gasteiger partial charge in [0.15, 0.2) is 0 Å². The highest BCUT2D eigenvalue weighted by Crippen LogP contribution is 2.31. The molecule has 2 aromatic rings. The maximum absolute atomic E-state index is 10.3. The lowest BCUT2D eigenvalue weighted by Gasteiger charge is -2.22. The zero-order valence-electron chi connectivity index (χ0n) is 12.4. The van der Waals surface area contributed by atoms with Crippen LogP contribution in [-0.4, -0.2) is 5.11 Å². The molecule has 0 aliphatic rings. The third-order valence-corrected chi connectivity index (χ3v) is 3.35. The minimum absolute atomic E-state index is 0.509. The molecule has 0 amide bonds. The largest absolute Gasteiger partial charge is 0.489 e. The molecule has 0 atom stereocenters. The van der Waals surface area contributed by atoms with Crippen LogP contribution in [-0.2, 0) is 18.6 Å². The van der Waals surface area contributed by atoms with Crippen LogP contribution in [0, 0.1) is 0 Å². The number of rotatable bonds is 5. The average Bonchev–Trinajstić information content (AvgIpc) is 2.45. The number of aryl methyl sites for hydroxylation is 1. The minimum Gasteiger partial charge on any atom is -0.489 e. The van der Waals surface area contributed by atoms with E-state index in [0.717, 1.165) is 23.3 Å². The van der Waals surface area contributed by atoms with Crippen molar-refractivity contribution in [2.45, 2.75) is 39.4 Å². The molecule has 1 N–H and O–H groups in total. The molecular formula is C18H22O2. The van der Waals surface area contributed by atoms with E-state index in [1.807, 2.05) is 42.5 Å². The summed E-state index contributed by atoms with van der Waals surface area (Å²) in [4.78, 5) is 0. The standard InChI is InChI=1S/C18H22O2/c1-4-14-10-11-17(16(12-14)18(2,3)19)20-13-15-8-6-5-7-9-15/h5-12,19H,4,13H2,1-3H3. The van der Waals surface area contributed by atoms with Crippen molar-refractivity contribution in [3.05, 3.63) is 65.2 Å². The van der Waals surface area contributed by atoms with E-state index >= 15 is 0 Å². The first-order valence-corrected chi connectivity index (χ1v) is 7.03. The lowest BCUT2D eigenvalue weighted by Crippen LogP contribution is -2.17. The van der Waals surface area contributed by atoms with E-state index in [1.165, 1.54) is 5.56 Å². The molecule has 106 valence electrons. The van der Waals surface area contributed by atoms with Crippen molar-refractivity contribution in [2.75, 3.05) is 0 Å². The van der Waals surface area contributed by atoms with E-state index in [9.17, 15) is 5.11 Å². The Kier molecular flexibility index (Phi) is 4.46. The minimum atomic E-state index is -0.906. The average molecular weight is 270 g/mol. The van der Waals surface area contributed by atoms with Crippen molar-refractivity contribution in [1.29, 1.82) is 0 Å². The first-order valence-electron chi connectivity index (χ1n) is 7.03. The van der Waals surface area contributed by atoms with Crippen LogP contribution in [0.4, 0.5) is 0 Å². The molecule has 0 bridgehead atoms. The van der Waals surface area contributed by atoms with E-state index in [2.05, 4.69) is 13.0 Å². The van der Waals surface area contributed by atoms with Crippen LogP contribution in [0.2, 0.25) is 0 Å². The second-order valence-electron chi connectivity index (χ2n) is 5.52. The predicted octanol–water partition coefficient (Wildman–Crippen LogP) is 4.06. The molecular weight excluding hydrogens is 248 g/mol. The second-order valence-corrected chi connectivity index (χ2v) is 5.52. The third-order valence-electron chi connectivity index (χ3n) is 3.35. The molecule has 0 unspecified atom stereocenters. The molecule has 2 heteroatoms. The highest BCUT2D eigenvalue weighted by atomic mass is 16.5. The van der Waals surface area contributed by atoms with Crippen LogP contribution in [0.25, 0.3) is 0 Å². The number of hydrogen-bond acceptors (Lipinski definition) is 2. The van der Waals surface area contributed by atoms with E-state index in [0.29, 0.717) is 6.61 Å². The van der Waals surface area contributed by atoms with Gasteiger partial charge in [0.1, 0.15) is 12.4 Å². The quantitative estimate of drug-likeness (QED) is 0.888. The van der Waals surface area contributed by atoms with Crippen LogP contribution in [0.3, 0.4) is 0 Å². The zero-order chi connectivity index (χ0) is 14.6. The number of benzene rings is 2. The molecule has 0 aliphatic carbocycles. The number of hydrogen-bond donors (Lipinski definition) is 1. The number of aliphatic hydroxyl groups is 1. The fourth-order valence-corrected chi connectivity index (χ4v) is 2.14. The van der Waals surface area contributed by atoms with Crippen molar-refractivity contribution >= 4 is 0 Å². The Balaban J connectivity index is 2.23. The van der Waals surface area contributed by atoms with Gasteiger partial charge in [0.05, 0.1) is 5.60 Å². The second kappa shape index (κ2) is 6.10. The Hall–Kier alpha value is -1.80. The van der Waals surface area contributed by atoms with Crippen LogP contribution < -0.4 is 4.74 Å². The summed E-state index contributed by atoms with van der Waals surface area (Å²) in [6.45, 7) is 6.19. The summed E-state index contributed by atoms with van der Waals surface area (Å²) in [5.41, 5.74) is 2.26. The molecule has 0 fully saturated rings. The highest BCUT2D eigenvalue weighted by molar-refractivity contribution is 5.40. The van der Waals surface area contributed by atoms with Crippen LogP contribution in [0.15, 0.2) is 48.5 Å². The molecule has 2 nitrogen and oxygen atoms in total. The van der Waals surface area contributed by atoms with Gasteiger partial charge in [-0.05, 0) is 43.5 Å². The van der Waals surface area contributed by atoms with Crippen molar-refractivity contribution in [3.63, 3.8) is 0 Å². The SMILES string of the molecule is CCc1ccc(OCc2ccccc2)c(C(C)(C)O)c1. The van der Waals surface area contributed by atoms with Crippen LogP contribution in [0.1, 0.15) is 37.5 Å². The van der Waals surface area contributed by atoms with Crippen molar-refractivity contribution in [1.82, 2.24) is 0 Å². The van der Waals surface area contributed by atoms with Crippen molar-refractivity contribution in [3.8, 4) is 5.75 Å². The monoisotopic (exact) mass is 270 g/mol. The summed E-state index contributed by atoms with van der Waals surface area (Å²) in [5.74, 6) is 0.749. The topological polar surface area (TPSA) is 29.5 Å². The molecule has 0 radical (unpaired) electrons. The molecule has 0 aromatic heterocycles. The van der Waals surface area contributed by atoms with Gasteiger partial charge in [-0.15, -0.1) is 0 Å². The lowest BCUT2D eigenvalue weighted by atomic mass is 9.95. The lowest BCUT2D eigenvalue weighted by molar-refractivity contribution is 0.0743. The molecule has 0 saturated heterocycles. The molecule has 0 spiro atoms. The normalized spacial score (nSPS) is 11.4. The highest BCUT2D eigenvalue weighted by Gasteiger charge is 2.21. The number of ether oxygens (including phenoxy) is 1. The van der Waals surface area contributed by atoms with Gasteiger partial charge >= 0.3 is 0 Å². The maximum atomic E-state index is 10.3. The Bertz CT molecular complexity index is 553. The van der Waals surface area contributed by atoms with Gasteiger partial charge in [-0.3, -0.25) is 0 Å². The molecule has 2 aromatic carbocycles. The smallest absolute Gasteiger partial charge is 0.125 e. The first-order chi connectivity index (χ1) is 9.50. The summed E-state index contributed by atoms with van der Waals surface area (Å²) < 4.78 is 5.89. The van der Waals surface area contributed by atoms with Gasteiger partial charge in [-0.25, -0.2) is 0 Å². The van der Waals surface area contributed by atoms with E-state index in [4.69, 9.17) is 4.74 Å². The van der Waals surface area contributed by atoms with Gasteiger partial charge in [0.25, 0.3) is 0 Å². The van der Waals surface area contributed by atoms with Gasteiger partial charge in [0.2, 0.25) is 0 Å². The Morgan fingerprint density at radius 3 is 2.30 bits per heavy atom. The molecule has 0 saturated carbocycles. The van der Waals surface area contributed by atoms with Gasteiger partial charge in [-0.1, -0.05) is 43.3 Å². The Labute approximate surface area is 121 Å². The molecule has 2 rings (SSSR count). The summed E-state index contributed by atoms with van der Waals surface area (Å²) in [7, 11) is 0. The Morgan fingerprint density at radius 2 is 1.70 bits per heavy atom. The molecule has 0 heterocycles. The van der Waals surface area contributed by atoms with E-state index in [-0.39, 0.29) is 0 Å². The predicted molar refractivity (Wildman–Crippen MR) is 81.8 cm³/mol. The van der Waals surface area contributed by atoms with Gasteiger partial charge in [-0.2, -0.15) is 0 Å². The van der Waals surface area contributed by atoms with Gasteiger partial charge in [0, 0.05) is 5.56 Å². The zero-order valence-corrected chi connectivity index (χ0v) is 12.4. The summed E-state index contributed by atoms with van der Waals surface area (Å²) in [6.07, 6.45) is 0.946. The fourth-order valence-electron chi connectivity index (χ4n) is 2.14. The van der Waals surface area contributed by atoms with E-state index < -0.39 is 5.60 Å². The Morgan fingerprint density at radius 1 is 1.00 bits per heavy atom. The maximum Gasteiger partial charge on any atom is 0.125 e. The van der Waals surface area contributed by atoms with E-state index in [1.54, 1.807) is 13.8 Å². The van der Waals surface area contributed by atoms with Crippen molar-refractivity contribution in [2.24, 2.45) is 0 Å². The third kappa shape index (κ3) is 3.61. The van der Waals surface area contributed by atoms with Crippen LogP contribution in [0.5, 0.6) is 5.75 Å². The summed E-state index contributed by atoms with van der Waals surface area (Å²) >= 11 is 0. The summed E-state index contributed by atoms with van der Waals surface area (Å²) in [5, 5.41) is 10.3. The van der Waals surface area contributed by atoms with Crippen molar-refractivity contribution < 1.29 is 9.84 Å². The van der Waals surface area contributed by atoms with Gasteiger partial charge < -0.3 is 9.84 Å². The summed E-state index contributed by atoms with van der Waals surface area (Å²) in [6, 6.07) is 16.1. The fraction of sp³-hybridized carbons (Fsp3) is 0.333. The van der Waals surface area contributed by atoms with Crippen LogP contribution >= 0.6 is 0 Å². The molecule has 20 heavy (non-hydrogen) atoms.